The number of Topliss-reactive ketones (excluding diaryl/α,β-unsaturated/α-hetero) is 1. The predicted molar refractivity (Wildman–Crippen MR) is 94.8 cm³/mol. The Bertz CT molecular complexity index is 855. The summed E-state index contributed by atoms with van der Waals surface area (Å²) in [7, 11) is 0. The standard InChI is InChI=1S/C20H17FN2O3/c1-22-12-13(5-6-14-9-17(24)10-14)7-8-18-19(26-20(25)23-18)15-3-2-4-16(21)11-15/h2-4,7-8,11-12,14,18-19H,1,9-10H2,(H,23,25). The Morgan fingerprint density at radius 2 is 2.19 bits per heavy atom. The fourth-order valence-electron chi connectivity index (χ4n) is 2.74. The van der Waals surface area contributed by atoms with Gasteiger partial charge in [0.15, 0.2) is 6.10 Å². The zero-order valence-electron chi connectivity index (χ0n) is 13.9. The van der Waals surface area contributed by atoms with Crippen LogP contribution in [0.4, 0.5) is 9.18 Å². The van der Waals surface area contributed by atoms with Crippen LogP contribution in [-0.4, -0.2) is 24.6 Å². The molecule has 0 bridgehead atoms. The highest BCUT2D eigenvalue weighted by Crippen LogP contribution is 2.28. The molecular weight excluding hydrogens is 335 g/mol. The highest BCUT2D eigenvalue weighted by molar-refractivity contribution is 5.85. The number of nitrogens with zero attached hydrogens (tertiary/aromatic N) is 1. The Morgan fingerprint density at radius 1 is 1.38 bits per heavy atom. The lowest BCUT2D eigenvalue weighted by molar-refractivity contribution is -0.125. The van der Waals surface area contributed by atoms with E-state index in [1.54, 1.807) is 24.3 Å². The molecule has 2 aliphatic rings. The van der Waals surface area contributed by atoms with Gasteiger partial charge in [0.05, 0.1) is 6.04 Å². The average Bonchev–Trinajstić information content (AvgIpc) is 2.96. The zero-order chi connectivity index (χ0) is 18.5. The number of alkyl carbamates (subject to hydrolysis) is 1. The van der Waals surface area contributed by atoms with Crippen LogP contribution in [0.15, 0.2) is 53.2 Å². The van der Waals surface area contributed by atoms with E-state index in [0.717, 1.165) is 0 Å². The van der Waals surface area contributed by atoms with E-state index in [4.69, 9.17) is 4.74 Å². The fraction of sp³-hybridized carbons (Fsp3) is 0.250. The molecule has 2 unspecified atom stereocenters. The van der Waals surface area contributed by atoms with Crippen LogP contribution in [0.3, 0.4) is 0 Å². The number of benzene rings is 1. The normalized spacial score (nSPS) is 23.0. The molecule has 1 amide bonds. The van der Waals surface area contributed by atoms with Crippen molar-refractivity contribution in [1.29, 1.82) is 0 Å². The van der Waals surface area contributed by atoms with E-state index >= 15 is 0 Å². The summed E-state index contributed by atoms with van der Waals surface area (Å²) in [5.74, 6) is 5.89. The molecule has 1 heterocycles. The molecule has 132 valence electrons. The number of carbonyl (C=O) groups excluding carboxylic acids is 2. The number of ether oxygens (including phenoxy) is 1. The van der Waals surface area contributed by atoms with Crippen molar-refractivity contribution in [3.63, 3.8) is 0 Å². The molecule has 2 fully saturated rings. The molecule has 1 aromatic carbocycles. The topological polar surface area (TPSA) is 67.8 Å². The third kappa shape index (κ3) is 4.25. The number of carbonyl (C=O) groups is 2. The van der Waals surface area contributed by atoms with Crippen molar-refractivity contribution in [1.82, 2.24) is 5.32 Å². The van der Waals surface area contributed by atoms with Crippen LogP contribution in [0.5, 0.6) is 0 Å². The lowest BCUT2D eigenvalue weighted by atomic mass is 9.84. The van der Waals surface area contributed by atoms with E-state index in [0.29, 0.717) is 24.0 Å². The Kier molecular flexibility index (Phi) is 5.28. The monoisotopic (exact) mass is 352 g/mol. The summed E-state index contributed by atoms with van der Waals surface area (Å²) in [4.78, 5) is 26.3. The maximum atomic E-state index is 13.5. The molecule has 0 aromatic heterocycles. The van der Waals surface area contributed by atoms with Crippen LogP contribution < -0.4 is 5.32 Å². The molecule has 0 spiro atoms. The number of nitrogens with one attached hydrogen (secondary N) is 1. The molecule has 1 aromatic rings. The van der Waals surface area contributed by atoms with Crippen molar-refractivity contribution < 1.29 is 18.7 Å². The number of rotatable bonds is 4. The van der Waals surface area contributed by atoms with Gasteiger partial charge >= 0.3 is 6.09 Å². The van der Waals surface area contributed by atoms with Gasteiger partial charge in [-0.2, -0.15) is 0 Å². The molecule has 1 saturated carbocycles. The molecule has 1 aliphatic carbocycles. The Hall–Kier alpha value is -3.20. The summed E-state index contributed by atoms with van der Waals surface area (Å²) in [6.07, 6.45) is 4.69. The molecule has 26 heavy (non-hydrogen) atoms. The first-order valence-corrected chi connectivity index (χ1v) is 8.15. The maximum absolute atomic E-state index is 13.5. The van der Waals surface area contributed by atoms with E-state index in [1.165, 1.54) is 18.3 Å². The van der Waals surface area contributed by atoms with Crippen molar-refractivity contribution in [2.75, 3.05) is 0 Å². The predicted octanol–water partition coefficient (Wildman–Crippen LogP) is 3.10. The van der Waals surface area contributed by atoms with Gasteiger partial charge in [0.25, 0.3) is 0 Å². The van der Waals surface area contributed by atoms with E-state index < -0.39 is 24.1 Å². The number of aliphatic imine (C=N–C) groups is 1. The van der Waals surface area contributed by atoms with E-state index in [2.05, 4.69) is 28.9 Å². The van der Waals surface area contributed by atoms with Crippen molar-refractivity contribution in [2.24, 2.45) is 10.9 Å². The maximum Gasteiger partial charge on any atom is 0.408 e. The zero-order valence-corrected chi connectivity index (χ0v) is 13.9. The molecule has 3 rings (SSSR count). The van der Waals surface area contributed by atoms with Crippen LogP contribution in [-0.2, 0) is 9.53 Å². The first-order chi connectivity index (χ1) is 12.5. The van der Waals surface area contributed by atoms with Crippen LogP contribution in [0.2, 0.25) is 0 Å². The van der Waals surface area contributed by atoms with Gasteiger partial charge in [-0.25, -0.2) is 9.18 Å². The van der Waals surface area contributed by atoms with Crippen LogP contribution in [0, 0.1) is 23.6 Å². The number of hydrogen-bond donors (Lipinski definition) is 1. The second kappa shape index (κ2) is 7.79. The molecule has 1 N–H and O–H groups in total. The molecule has 1 saturated heterocycles. The minimum atomic E-state index is -0.635. The molecule has 2 atom stereocenters. The molecule has 6 heteroatoms. The summed E-state index contributed by atoms with van der Waals surface area (Å²) in [5, 5.41) is 2.68. The molecular formula is C20H17FN2O3. The van der Waals surface area contributed by atoms with Crippen LogP contribution in [0.1, 0.15) is 24.5 Å². The van der Waals surface area contributed by atoms with Gasteiger partial charge < -0.3 is 10.1 Å². The first kappa shape index (κ1) is 17.6. The minimum Gasteiger partial charge on any atom is -0.439 e. The summed E-state index contributed by atoms with van der Waals surface area (Å²) in [6.45, 7) is 3.42. The van der Waals surface area contributed by atoms with Gasteiger partial charge in [-0.3, -0.25) is 9.79 Å². The van der Waals surface area contributed by atoms with Gasteiger partial charge in [-0.15, -0.1) is 0 Å². The lowest BCUT2D eigenvalue weighted by Crippen LogP contribution is -2.25. The number of amides is 1. The highest BCUT2D eigenvalue weighted by atomic mass is 19.1. The van der Waals surface area contributed by atoms with Crippen LogP contribution in [0.25, 0.3) is 0 Å². The molecule has 1 aliphatic heterocycles. The van der Waals surface area contributed by atoms with Gasteiger partial charge in [-0.1, -0.05) is 30.0 Å². The largest absolute Gasteiger partial charge is 0.439 e. The van der Waals surface area contributed by atoms with Gasteiger partial charge in [0, 0.05) is 30.5 Å². The number of ketones is 1. The third-order valence-corrected chi connectivity index (χ3v) is 4.10. The number of hydrogen-bond acceptors (Lipinski definition) is 4. The van der Waals surface area contributed by atoms with E-state index in [-0.39, 0.29) is 11.7 Å². The summed E-state index contributed by atoms with van der Waals surface area (Å²) < 4.78 is 18.7. The molecule has 0 radical (unpaired) electrons. The Balaban J connectivity index is 1.75. The lowest BCUT2D eigenvalue weighted by Gasteiger charge is -2.17. The minimum absolute atomic E-state index is 0.0821. The second-order valence-electron chi connectivity index (χ2n) is 6.09. The summed E-state index contributed by atoms with van der Waals surface area (Å²) in [5.41, 5.74) is 1.16. The number of cyclic esters (lactones) is 1. The summed E-state index contributed by atoms with van der Waals surface area (Å²) in [6, 6.07) is 5.46. The van der Waals surface area contributed by atoms with Crippen molar-refractivity contribution in [3.8, 4) is 11.8 Å². The van der Waals surface area contributed by atoms with Gasteiger partial charge in [-0.05, 0) is 30.5 Å². The number of halogens is 1. The smallest absolute Gasteiger partial charge is 0.408 e. The average molecular weight is 352 g/mol. The first-order valence-electron chi connectivity index (χ1n) is 8.15. The van der Waals surface area contributed by atoms with Gasteiger partial charge in [0.2, 0.25) is 0 Å². The van der Waals surface area contributed by atoms with Crippen LogP contribution >= 0.6 is 0 Å². The SMILES string of the molecule is C=NC=C(C#CC1CC(=O)C1)C=CC1NC(=O)OC1c1cccc(F)c1. The highest BCUT2D eigenvalue weighted by Gasteiger charge is 2.33. The Labute approximate surface area is 150 Å². The quantitative estimate of drug-likeness (QED) is 0.514. The second-order valence-corrected chi connectivity index (χ2v) is 6.09. The van der Waals surface area contributed by atoms with Crippen molar-refractivity contribution in [3.05, 3.63) is 59.6 Å². The fourth-order valence-corrected chi connectivity index (χ4v) is 2.74. The van der Waals surface area contributed by atoms with Crippen molar-refractivity contribution >= 4 is 18.6 Å². The summed E-state index contributed by atoms with van der Waals surface area (Å²) >= 11 is 0. The van der Waals surface area contributed by atoms with E-state index in [1.807, 2.05) is 0 Å². The third-order valence-electron chi connectivity index (χ3n) is 4.10. The number of allylic oxidation sites excluding steroid dienone is 2. The van der Waals surface area contributed by atoms with Crippen molar-refractivity contribution in [2.45, 2.75) is 25.0 Å². The molecule has 5 nitrogen and oxygen atoms in total. The van der Waals surface area contributed by atoms with E-state index in [9.17, 15) is 14.0 Å². The Morgan fingerprint density at radius 3 is 2.88 bits per heavy atom. The van der Waals surface area contributed by atoms with Gasteiger partial charge in [0.1, 0.15) is 11.6 Å².